The predicted octanol–water partition coefficient (Wildman–Crippen LogP) is 11.0. The van der Waals surface area contributed by atoms with Crippen LogP contribution in [0.5, 0.6) is 0 Å². The van der Waals surface area contributed by atoms with Gasteiger partial charge in [0.2, 0.25) is 0 Å². The zero-order valence-electron chi connectivity index (χ0n) is 22.6. The maximum Gasteiger partial charge on any atom is -0.0127 e. The van der Waals surface area contributed by atoms with E-state index in [2.05, 4.69) is 127 Å². The third kappa shape index (κ3) is 12.2. The Balaban J connectivity index is 0.000000546. The second kappa shape index (κ2) is 18.0. The minimum absolute atomic E-state index is 0. The fraction of sp³-hybridized carbons (Fsp3) is 0.471. The van der Waals surface area contributed by atoms with Crippen LogP contribution < -0.4 is 0 Å². The highest BCUT2D eigenvalue weighted by atomic mass is 14.2. The van der Waals surface area contributed by atoms with Crippen LogP contribution in [0.15, 0.2) is 72.3 Å². The second-order valence-electron chi connectivity index (χ2n) is 9.67. The molecule has 0 radical (unpaired) electrons. The van der Waals surface area contributed by atoms with E-state index in [4.69, 9.17) is 0 Å². The first-order valence-corrected chi connectivity index (χ1v) is 12.9. The van der Waals surface area contributed by atoms with E-state index < -0.39 is 0 Å². The monoisotopic (exact) mass is 460 g/mol. The number of fused-ring (bicyclic) bond motifs is 1. The quantitative estimate of drug-likeness (QED) is 0.376. The minimum Gasteiger partial charge on any atom is -0.0877 e. The molecule has 1 unspecified atom stereocenters. The number of hydrogen-bond acceptors (Lipinski definition) is 0. The van der Waals surface area contributed by atoms with Gasteiger partial charge in [0.25, 0.3) is 0 Å². The van der Waals surface area contributed by atoms with Gasteiger partial charge in [0.15, 0.2) is 0 Å². The number of hydrogen-bond donors (Lipinski definition) is 0. The first-order valence-electron chi connectivity index (χ1n) is 12.9. The van der Waals surface area contributed by atoms with Crippen LogP contribution in [0.4, 0.5) is 0 Å². The highest BCUT2D eigenvalue weighted by Crippen LogP contribution is 2.30. The Kier molecular flexibility index (Phi) is 16.8. The van der Waals surface area contributed by atoms with E-state index in [1.807, 2.05) is 6.92 Å². The zero-order chi connectivity index (χ0) is 24.6. The summed E-state index contributed by atoms with van der Waals surface area (Å²) in [7, 11) is 0. The predicted molar refractivity (Wildman–Crippen MR) is 158 cm³/mol. The molecule has 0 heterocycles. The minimum atomic E-state index is 0. The molecule has 0 amide bonds. The molecule has 0 heteroatoms. The van der Waals surface area contributed by atoms with Gasteiger partial charge in [0, 0.05) is 0 Å². The molecule has 0 N–H and O–H groups in total. The molecule has 3 rings (SSSR count). The maximum absolute atomic E-state index is 2.35. The summed E-state index contributed by atoms with van der Waals surface area (Å²) in [5.74, 6) is 2.29. The van der Waals surface area contributed by atoms with Gasteiger partial charge in [-0.15, -0.1) is 0 Å². The number of aryl methyl sites for hydroxylation is 1. The molecule has 0 aromatic heterocycles. The molecule has 1 atom stereocenters. The molecule has 2 aromatic rings. The third-order valence-corrected chi connectivity index (χ3v) is 6.42. The van der Waals surface area contributed by atoms with Crippen molar-refractivity contribution in [2.75, 3.05) is 0 Å². The van der Waals surface area contributed by atoms with Gasteiger partial charge in [0.1, 0.15) is 0 Å². The molecule has 0 nitrogen and oxygen atoms in total. The normalized spacial score (nSPS) is 14.6. The van der Waals surface area contributed by atoms with Crippen molar-refractivity contribution in [3.63, 3.8) is 0 Å². The zero-order valence-corrected chi connectivity index (χ0v) is 22.6. The van der Waals surface area contributed by atoms with E-state index in [-0.39, 0.29) is 7.43 Å². The summed E-state index contributed by atoms with van der Waals surface area (Å²) in [4.78, 5) is 0. The Morgan fingerprint density at radius 2 is 1.53 bits per heavy atom. The Labute approximate surface area is 212 Å². The number of rotatable bonds is 6. The van der Waals surface area contributed by atoms with Crippen molar-refractivity contribution in [1.82, 2.24) is 0 Å². The van der Waals surface area contributed by atoms with Gasteiger partial charge in [-0.25, -0.2) is 0 Å². The van der Waals surface area contributed by atoms with E-state index in [0.717, 1.165) is 5.92 Å². The van der Waals surface area contributed by atoms with Gasteiger partial charge >= 0.3 is 0 Å². The van der Waals surface area contributed by atoms with Gasteiger partial charge in [-0.3, -0.25) is 0 Å². The van der Waals surface area contributed by atoms with Gasteiger partial charge in [-0.1, -0.05) is 139 Å². The van der Waals surface area contributed by atoms with Crippen LogP contribution in [-0.4, -0.2) is 0 Å². The number of allylic oxidation sites excluding steroid dienone is 4. The Morgan fingerprint density at radius 3 is 2.09 bits per heavy atom. The van der Waals surface area contributed by atoms with Crippen molar-refractivity contribution in [2.45, 2.75) is 88.5 Å². The molecule has 0 spiro atoms. The van der Waals surface area contributed by atoms with Crippen LogP contribution in [0.2, 0.25) is 0 Å². The molecule has 188 valence electrons. The first-order chi connectivity index (χ1) is 15.8. The van der Waals surface area contributed by atoms with Crippen molar-refractivity contribution in [3.8, 4) is 0 Å². The molecule has 0 saturated carbocycles. The average Bonchev–Trinajstić information content (AvgIpc) is 2.81. The molecule has 2 aromatic carbocycles. The molecule has 0 bridgehead atoms. The molecule has 1 aliphatic rings. The summed E-state index contributed by atoms with van der Waals surface area (Å²) in [5.41, 5.74) is 7.08. The fourth-order valence-corrected chi connectivity index (χ4v) is 3.68. The summed E-state index contributed by atoms with van der Waals surface area (Å²) in [6, 6.07) is 17.1. The van der Waals surface area contributed by atoms with Gasteiger partial charge < -0.3 is 0 Å². The first kappa shape index (κ1) is 31.7. The fourth-order valence-electron chi connectivity index (χ4n) is 3.68. The summed E-state index contributed by atoms with van der Waals surface area (Å²) >= 11 is 0. The lowest BCUT2D eigenvalue weighted by Gasteiger charge is -2.23. The van der Waals surface area contributed by atoms with E-state index in [0.29, 0.717) is 11.8 Å². The van der Waals surface area contributed by atoms with E-state index in [1.165, 1.54) is 53.5 Å². The Bertz CT molecular complexity index is 874. The summed E-state index contributed by atoms with van der Waals surface area (Å²) in [6.45, 7) is 17.6. The van der Waals surface area contributed by atoms with Gasteiger partial charge in [-0.05, 0) is 73.6 Å². The van der Waals surface area contributed by atoms with Crippen LogP contribution in [-0.2, 0) is 6.42 Å². The van der Waals surface area contributed by atoms with Crippen molar-refractivity contribution in [1.29, 1.82) is 0 Å². The van der Waals surface area contributed by atoms with Crippen LogP contribution in [0, 0.1) is 24.7 Å². The SMILES string of the molecule is C.C/C=C\c1ccccc1C.CC1=Cc2ccccc2CC1CC=CC(C)C.CCC(C)CC. The topological polar surface area (TPSA) is 0 Å². The third-order valence-electron chi connectivity index (χ3n) is 6.42. The smallest absolute Gasteiger partial charge is 0.0127 e. The maximum atomic E-state index is 2.35. The van der Waals surface area contributed by atoms with Crippen molar-refractivity contribution in [3.05, 3.63) is 94.6 Å². The van der Waals surface area contributed by atoms with E-state index in [9.17, 15) is 0 Å². The lowest BCUT2D eigenvalue weighted by molar-refractivity contribution is 0.544. The van der Waals surface area contributed by atoms with E-state index in [1.54, 1.807) is 0 Å². The van der Waals surface area contributed by atoms with Crippen LogP contribution >= 0.6 is 0 Å². The van der Waals surface area contributed by atoms with Crippen molar-refractivity contribution >= 4 is 12.2 Å². The highest BCUT2D eigenvalue weighted by molar-refractivity contribution is 5.59. The van der Waals surface area contributed by atoms with Gasteiger partial charge in [-0.2, -0.15) is 0 Å². The molecule has 0 aliphatic heterocycles. The van der Waals surface area contributed by atoms with Crippen molar-refractivity contribution < 1.29 is 0 Å². The molecule has 34 heavy (non-hydrogen) atoms. The molecular weight excluding hydrogens is 408 g/mol. The van der Waals surface area contributed by atoms with Crippen LogP contribution in [0.1, 0.15) is 97.4 Å². The lowest BCUT2D eigenvalue weighted by atomic mass is 9.82. The Morgan fingerprint density at radius 1 is 0.912 bits per heavy atom. The molecule has 1 aliphatic carbocycles. The van der Waals surface area contributed by atoms with Crippen LogP contribution in [0.25, 0.3) is 12.2 Å². The standard InChI is InChI=1S/C17H22.C10H12.C6H14.CH4/c1-13(2)7-6-10-15-12-17-9-5-4-8-16(17)11-14(15)3;1-3-6-10-8-5-4-7-9(10)2;1-4-6(3)5-2;/h4-9,11,13,15H,10,12H2,1-3H3;3-8H,1-2H3;6H,4-5H2,1-3H3;1H4/b;6-3-;;. The molecule has 0 saturated heterocycles. The molecule has 0 fully saturated rings. The largest absolute Gasteiger partial charge is 0.0877 e. The lowest BCUT2D eigenvalue weighted by Crippen LogP contribution is -2.10. The summed E-state index contributed by atoms with van der Waals surface area (Å²) < 4.78 is 0. The number of benzene rings is 2. The second-order valence-corrected chi connectivity index (χ2v) is 9.67. The summed E-state index contributed by atoms with van der Waals surface area (Å²) in [6.07, 6.45) is 16.2. The Hall–Kier alpha value is -2.34. The average molecular weight is 461 g/mol. The van der Waals surface area contributed by atoms with E-state index >= 15 is 0 Å². The highest BCUT2D eigenvalue weighted by Gasteiger charge is 2.16. The van der Waals surface area contributed by atoms with Gasteiger partial charge in [0.05, 0.1) is 0 Å². The molecular formula is C34H52. The van der Waals surface area contributed by atoms with Crippen LogP contribution in [0.3, 0.4) is 0 Å². The summed E-state index contributed by atoms with van der Waals surface area (Å²) in [5, 5.41) is 0. The van der Waals surface area contributed by atoms with Crippen molar-refractivity contribution in [2.24, 2.45) is 17.8 Å².